The Hall–Kier alpha value is -2.69. The molecule has 0 unspecified atom stereocenters. The Morgan fingerprint density at radius 2 is 1.71 bits per heavy atom. The molecule has 2 N–H and O–H groups in total. The van der Waals surface area contributed by atoms with Gasteiger partial charge in [-0.2, -0.15) is 10.4 Å². The predicted molar refractivity (Wildman–Crippen MR) is 73.0 cm³/mol. The molecular weight excluding hydrogens is 276 g/mol. The summed E-state index contributed by atoms with van der Waals surface area (Å²) >= 11 is 0. The van der Waals surface area contributed by atoms with Crippen LogP contribution in [0.4, 0.5) is 5.82 Å². The average molecular weight is 292 g/mol. The minimum Gasteiger partial charge on any atom is -0.480 e. The van der Waals surface area contributed by atoms with E-state index in [1.807, 2.05) is 19.9 Å². The first kappa shape index (κ1) is 16.4. The SMILES string of the molecule is CCc1nnc(N(CC(=O)O)CC(=O)O)c(C#N)c1CC. The number of nitriles is 1. The molecule has 21 heavy (non-hydrogen) atoms. The van der Waals surface area contributed by atoms with Gasteiger partial charge in [0.15, 0.2) is 5.82 Å². The highest BCUT2D eigenvalue weighted by Crippen LogP contribution is 2.23. The number of rotatable bonds is 7. The highest BCUT2D eigenvalue weighted by molar-refractivity contribution is 5.80. The van der Waals surface area contributed by atoms with Crippen molar-refractivity contribution in [3.63, 3.8) is 0 Å². The molecule has 0 atom stereocenters. The second-order valence-corrected chi connectivity index (χ2v) is 4.29. The zero-order chi connectivity index (χ0) is 16.0. The predicted octanol–water partition coefficient (Wildman–Crippen LogP) is 0.449. The maximum absolute atomic E-state index is 10.9. The molecule has 0 saturated carbocycles. The fourth-order valence-electron chi connectivity index (χ4n) is 2.03. The van der Waals surface area contributed by atoms with Crippen LogP contribution in [0, 0.1) is 11.3 Å². The standard InChI is InChI=1S/C13H16N4O4/c1-3-8-9(5-14)13(16-15-10(8)4-2)17(6-11(18)19)7-12(20)21/h3-4,6-7H2,1-2H3,(H,18,19)(H,20,21). The number of carbonyl (C=O) groups is 2. The summed E-state index contributed by atoms with van der Waals surface area (Å²) in [4.78, 5) is 22.8. The van der Waals surface area contributed by atoms with Crippen molar-refractivity contribution in [1.29, 1.82) is 5.26 Å². The van der Waals surface area contributed by atoms with Gasteiger partial charge < -0.3 is 15.1 Å². The highest BCUT2D eigenvalue weighted by atomic mass is 16.4. The van der Waals surface area contributed by atoms with Crippen molar-refractivity contribution >= 4 is 17.8 Å². The third-order valence-corrected chi connectivity index (χ3v) is 2.89. The van der Waals surface area contributed by atoms with Crippen LogP contribution < -0.4 is 4.90 Å². The molecule has 8 nitrogen and oxygen atoms in total. The van der Waals surface area contributed by atoms with Gasteiger partial charge >= 0.3 is 11.9 Å². The Bertz CT molecular complexity index is 579. The summed E-state index contributed by atoms with van der Waals surface area (Å²) in [6.07, 6.45) is 1.12. The molecule has 1 aromatic heterocycles. The van der Waals surface area contributed by atoms with E-state index in [-0.39, 0.29) is 11.4 Å². The molecule has 0 aliphatic rings. The van der Waals surface area contributed by atoms with Crippen LogP contribution in [0.5, 0.6) is 0 Å². The fraction of sp³-hybridized carbons (Fsp3) is 0.462. The van der Waals surface area contributed by atoms with Crippen LogP contribution in [0.1, 0.15) is 30.7 Å². The number of aromatic nitrogens is 2. The van der Waals surface area contributed by atoms with Gasteiger partial charge in [0, 0.05) is 0 Å². The minimum absolute atomic E-state index is 0.00338. The molecule has 0 fully saturated rings. The van der Waals surface area contributed by atoms with Crippen molar-refractivity contribution < 1.29 is 19.8 Å². The Balaban J connectivity index is 3.40. The Morgan fingerprint density at radius 3 is 2.10 bits per heavy atom. The quantitative estimate of drug-likeness (QED) is 0.741. The lowest BCUT2D eigenvalue weighted by Gasteiger charge is -2.21. The van der Waals surface area contributed by atoms with Crippen LogP contribution in [0.3, 0.4) is 0 Å². The Labute approximate surface area is 121 Å². The van der Waals surface area contributed by atoms with Gasteiger partial charge in [0.1, 0.15) is 24.7 Å². The normalized spacial score (nSPS) is 9.95. The molecule has 1 heterocycles. The third-order valence-electron chi connectivity index (χ3n) is 2.89. The van der Waals surface area contributed by atoms with E-state index >= 15 is 0 Å². The van der Waals surface area contributed by atoms with Gasteiger partial charge in [0.2, 0.25) is 0 Å². The number of anilines is 1. The second-order valence-electron chi connectivity index (χ2n) is 4.29. The molecule has 0 aliphatic carbocycles. The summed E-state index contributed by atoms with van der Waals surface area (Å²) in [7, 11) is 0. The van der Waals surface area contributed by atoms with E-state index < -0.39 is 25.0 Å². The summed E-state index contributed by atoms with van der Waals surface area (Å²) in [5.41, 5.74) is 1.51. The van der Waals surface area contributed by atoms with Crippen molar-refractivity contribution in [1.82, 2.24) is 10.2 Å². The molecule has 0 aromatic carbocycles. The number of aryl methyl sites for hydroxylation is 1. The smallest absolute Gasteiger partial charge is 0.323 e. The van der Waals surface area contributed by atoms with Gasteiger partial charge in [0.05, 0.1) is 5.69 Å². The molecule has 1 aromatic rings. The van der Waals surface area contributed by atoms with Crippen molar-refractivity contribution in [2.75, 3.05) is 18.0 Å². The average Bonchev–Trinajstić information content (AvgIpc) is 2.43. The number of nitrogens with zero attached hydrogens (tertiary/aromatic N) is 4. The molecule has 0 saturated heterocycles. The monoisotopic (exact) mass is 292 g/mol. The summed E-state index contributed by atoms with van der Waals surface area (Å²) in [5, 5.41) is 34.9. The Morgan fingerprint density at radius 1 is 1.14 bits per heavy atom. The lowest BCUT2D eigenvalue weighted by molar-refractivity contribution is -0.136. The molecule has 0 bridgehead atoms. The first-order valence-electron chi connectivity index (χ1n) is 6.41. The van der Waals surface area contributed by atoms with Crippen LogP contribution in [0.2, 0.25) is 0 Å². The van der Waals surface area contributed by atoms with Gasteiger partial charge in [-0.15, -0.1) is 5.10 Å². The van der Waals surface area contributed by atoms with Crippen LogP contribution in [0.15, 0.2) is 0 Å². The van der Waals surface area contributed by atoms with E-state index in [4.69, 9.17) is 10.2 Å². The highest BCUT2D eigenvalue weighted by Gasteiger charge is 2.22. The van der Waals surface area contributed by atoms with Gasteiger partial charge in [-0.05, 0) is 18.4 Å². The van der Waals surface area contributed by atoms with Crippen molar-refractivity contribution in [3.8, 4) is 6.07 Å². The molecule has 0 aliphatic heterocycles. The van der Waals surface area contributed by atoms with Crippen LogP contribution in [-0.4, -0.2) is 45.4 Å². The Kier molecular flexibility index (Phi) is 5.60. The third kappa shape index (κ3) is 3.89. The number of aliphatic carboxylic acids is 2. The second kappa shape index (κ2) is 7.19. The topological polar surface area (TPSA) is 127 Å². The first-order valence-corrected chi connectivity index (χ1v) is 6.41. The van der Waals surface area contributed by atoms with Crippen molar-refractivity contribution in [2.45, 2.75) is 26.7 Å². The molecule has 0 radical (unpaired) electrons. The summed E-state index contributed by atoms with van der Waals surface area (Å²) in [6, 6.07) is 1.99. The molecule has 112 valence electrons. The van der Waals surface area contributed by atoms with Gasteiger partial charge in [0.25, 0.3) is 0 Å². The van der Waals surface area contributed by atoms with Crippen molar-refractivity contribution in [3.05, 3.63) is 16.8 Å². The molecule has 8 heteroatoms. The number of hydrogen-bond acceptors (Lipinski definition) is 6. The van der Waals surface area contributed by atoms with Crippen molar-refractivity contribution in [2.24, 2.45) is 0 Å². The van der Waals surface area contributed by atoms with E-state index in [1.165, 1.54) is 0 Å². The molecule has 0 amide bonds. The van der Waals surface area contributed by atoms with Gasteiger partial charge in [-0.3, -0.25) is 9.59 Å². The molecular formula is C13H16N4O4. The van der Waals surface area contributed by atoms with Gasteiger partial charge in [-0.25, -0.2) is 0 Å². The fourth-order valence-corrected chi connectivity index (χ4v) is 2.03. The first-order chi connectivity index (χ1) is 9.94. The lowest BCUT2D eigenvalue weighted by Crippen LogP contribution is -2.36. The number of carboxylic acids is 2. The van der Waals surface area contributed by atoms with Crippen LogP contribution in [-0.2, 0) is 22.4 Å². The summed E-state index contributed by atoms with van der Waals surface area (Å²) in [5.74, 6) is -2.42. The maximum Gasteiger partial charge on any atom is 0.323 e. The maximum atomic E-state index is 10.9. The minimum atomic E-state index is -1.21. The zero-order valence-electron chi connectivity index (χ0n) is 11.8. The largest absolute Gasteiger partial charge is 0.480 e. The van der Waals surface area contributed by atoms with E-state index in [9.17, 15) is 14.9 Å². The zero-order valence-corrected chi connectivity index (χ0v) is 11.8. The number of carboxylic acid groups (broad SMARTS) is 2. The van der Waals surface area contributed by atoms with Crippen LogP contribution >= 0.6 is 0 Å². The van der Waals surface area contributed by atoms with E-state index in [2.05, 4.69) is 10.2 Å². The van der Waals surface area contributed by atoms with Gasteiger partial charge in [-0.1, -0.05) is 13.8 Å². The summed E-state index contributed by atoms with van der Waals surface area (Å²) < 4.78 is 0. The van der Waals surface area contributed by atoms with E-state index in [1.54, 1.807) is 0 Å². The lowest BCUT2D eigenvalue weighted by atomic mass is 10.0. The van der Waals surface area contributed by atoms with E-state index in [0.717, 1.165) is 4.90 Å². The van der Waals surface area contributed by atoms with Crippen LogP contribution in [0.25, 0.3) is 0 Å². The summed E-state index contributed by atoms with van der Waals surface area (Å²) in [6.45, 7) is 2.59. The molecule has 0 spiro atoms. The number of hydrogen-bond donors (Lipinski definition) is 2. The van der Waals surface area contributed by atoms with E-state index in [0.29, 0.717) is 24.1 Å². The molecule has 1 rings (SSSR count).